The van der Waals surface area contributed by atoms with E-state index in [0.29, 0.717) is 22.6 Å². The maximum atomic E-state index is 13.7. The van der Waals surface area contributed by atoms with Gasteiger partial charge in [0.15, 0.2) is 17.5 Å². The second-order valence-electron chi connectivity index (χ2n) is 7.43. The zero-order valence-electron chi connectivity index (χ0n) is 17.3. The average molecular weight is 445 g/mol. The first-order valence-corrected chi connectivity index (χ1v) is 9.78. The quantitative estimate of drug-likeness (QED) is 0.477. The zero-order chi connectivity index (χ0) is 23.2. The highest BCUT2D eigenvalue weighted by molar-refractivity contribution is 6.08. The summed E-state index contributed by atoms with van der Waals surface area (Å²) in [7, 11) is 1.53. The summed E-state index contributed by atoms with van der Waals surface area (Å²) < 4.78 is 55.8. The van der Waals surface area contributed by atoms with Crippen molar-refractivity contribution < 1.29 is 22.4 Å². The second-order valence-corrected chi connectivity index (χ2v) is 7.43. The van der Waals surface area contributed by atoms with Crippen molar-refractivity contribution in [3.05, 3.63) is 76.3 Å². The minimum Gasteiger partial charge on any atom is -0.387 e. The van der Waals surface area contributed by atoms with Gasteiger partial charge < -0.3 is 15.6 Å². The van der Waals surface area contributed by atoms with Crippen LogP contribution in [-0.2, 0) is 0 Å². The van der Waals surface area contributed by atoms with E-state index in [1.807, 2.05) is 0 Å². The van der Waals surface area contributed by atoms with Gasteiger partial charge in [-0.05, 0) is 31.5 Å². The molecule has 32 heavy (non-hydrogen) atoms. The summed E-state index contributed by atoms with van der Waals surface area (Å²) in [5, 5.41) is 11.3. The standard InChI is InChI=1S/C22H19F4N5O/c1-11-21(31-6-3-13(23)9-18(31)29-11)22(32)30-5-4-14(17(27)10-30)20(28-2)12-7-15(24)19(26)16(25)8-12/h3,6-9,27-28H,4-5,10H2,1-2H3/b20-14-,27-17?. The van der Waals surface area contributed by atoms with Gasteiger partial charge in [-0.1, -0.05) is 0 Å². The Bertz CT molecular complexity index is 1270. The van der Waals surface area contributed by atoms with Gasteiger partial charge in [-0.2, -0.15) is 0 Å². The van der Waals surface area contributed by atoms with Crippen LogP contribution in [0, 0.1) is 35.6 Å². The number of likely N-dealkylation sites (tertiary alicyclic amines) is 1. The van der Waals surface area contributed by atoms with Crippen molar-refractivity contribution in [2.75, 3.05) is 20.1 Å². The summed E-state index contributed by atoms with van der Waals surface area (Å²) in [6.45, 7) is 1.84. The molecule has 3 aromatic rings. The van der Waals surface area contributed by atoms with E-state index in [1.165, 1.54) is 34.7 Å². The molecule has 166 valence electrons. The number of halogens is 4. The number of imidazole rings is 1. The van der Waals surface area contributed by atoms with Crippen LogP contribution in [0.4, 0.5) is 17.6 Å². The van der Waals surface area contributed by atoms with Gasteiger partial charge in [0, 0.05) is 42.7 Å². The van der Waals surface area contributed by atoms with Crippen LogP contribution < -0.4 is 5.32 Å². The van der Waals surface area contributed by atoms with Gasteiger partial charge in [0.05, 0.1) is 18.0 Å². The molecule has 0 atom stereocenters. The summed E-state index contributed by atoms with van der Waals surface area (Å²) in [4.78, 5) is 18.9. The zero-order valence-corrected chi connectivity index (χ0v) is 17.3. The third-order valence-corrected chi connectivity index (χ3v) is 5.42. The SMILES string of the molecule is CN/C(=C1/CCN(C(=O)c2c(C)nc3cc(F)ccn23)CC1=N)c1cc(F)c(F)c(F)c1. The maximum absolute atomic E-state index is 13.7. The fourth-order valence-corrected chi connectivity index (χ4v) is 3.93. The number of fused-ring (bicyclic) bond motifs is 1. The number of rotatable bonds is 3. The van der Waals surface area contributed by atoms with Crippen LogP contribution in [-0.4, -0.2) is 46.0 Å². The molecule has 1 amide bonds. The number of amides is 1. The van der Waals surface area contributed by atoms with Gasteiger partial charge in [0.2, 0.25) is 0 Å². The molecule has 6 nitrogen and oxygen atoms in total. The lowest BCUT2D eigenvalue weighted by atomic mass is 9.95. The number of carbonyl (C=O) groups is 1. The van der Waals surface area contributed by atoms with Gasteiger partial charge in [-0.15, -0.1) is 0 Å². The number of aryl methyl sites for hydroxylation is 1. The van der Waals surface area contributed by atoms with Crippen molar-refractivity contribution >= 4 is 23.0 Å². The lowest BCUT2D eigenvalue weighted by Gasteiger charge is -2.30. The summed E-state index contributed by atoms with van der Waals surface area (Å²) in [6.07, 6.45) is 1.67. The van der Waals surface area contributed by atoms with Crippen LogP contribution in [0.2, 0.25) is 0 Å². The smallest absolute Gasteiger partial charge is 0.273 e. The maximum Gasteiger partial charge on any atom is 0.273 e. The highest BCUT2D eigenvalue weighted by Gasteiger charge is 2.29. The van der Waals surface area contributed by atoms with E-state index >= 15 is 0 Å². The predicted molar refractivity (Wildman–Crippen MR) is 110 cm³/mol. The Kier molecular flexibility index (Phi) is 5.45. The molecule has 0 bridgehead atoms. The number of nitrogens with zero attached hydrogens (tertiary/aromatic N) is 3. The van der Waals surface area contributed by atoms with Gasteiger partial charge in [0.25, 0.3) is 5.91 Å². The monoisotopic (exact) mass is 445 g/mol. The Balaban J connectivity index is 1.64. The minimum atomic E-state index is -1.56. The number of hydrogen-bond acceptors (Lipinski definition) is 4. The summed E-state index contributed by atoms with van der Waals surface area (Å²) in [5.74, 6) is -5.05. The lowest BCUT2D eigenvalue weighted by Crippen LogP contribution is -2.42. The number of carbonyl (C=O) groups excluding carboxylic acids is 1. The van der Waals surface area contributed by atoms with E-state index in [4.69, 9.17) is 5.41 Å². The molecule has 1 aromatic carbocycles. The lowest BCUT2D eigenvalue weighted by molar-refractivity contribution is 0.0768. The number of piperidine rings is 1. The number of aromatic nitrogens is 2. The molecule has 3 heterocycles. The number of benzene rings is 1. The number of pyridine rings is 1. The van der Waals surface area contributed by atoms with E-state index in [9.17, 15) is 22.4 Å². The Morgan fingerprint density at radius 1 is 1.16 bits per heavy atom. The fraction of sp³-hybridized carbons (Fsp3) is 0.227. The Morgan fingerprint density at radius 3 is 2.47 bits per heavy atom. The summed E-state index contributed by atoms with van der Waals surface area (Å²) >= 11 is 0. The predicted octanol–water partition coefficient (Wildman–Crippen LogP) is 3.70. The first-order valence-electron chi connectivity index (χ1n) is 9.78. The molecule has 1 aliphatic heterocycles. The van der Waals surface area contributed by atoms with Crippen molar-refractivity contribution in [2.24, 2.45) is 0 Å². The molecular weight excluding hydrogens is 426 g/mol. The molecule has 10 heteroatoms. The van der Waals surface area contributed by atoms with Crippen LogP contribution in [0.1, 0.15) is 28.2 Å². The van der Waals surface area contributed by atoms with Gasteiger partial charge in [-0.25, -0.2) is 22.5 Å². The van der Waals surface area contributed by atoms with Crippen molar-refractivity contribution in [1.82, 2.24) is 19.6 Å². The van der Waals surface area contributed by atoms with E-state index in [2.05, 4.69) is 10.3 Å². The highest BCUT2D eigenvalue weighted by atomic mass is 19.2. The Labute approximate surface area is 180 Å². The number of nitrogens with one attached hydrogen (secondary N) is 2. The molecule has 0 saturated carbocycles. The van der Waals surface area contributed by atoms with Crippen LogP contribution >= 0.6 is 0 Å². The summed E-state index contributed by atoms with van der Waals surface area (Å²) in [5.41, 5.74) is 1.93. The van der Waals surface area contributed by atoms with Crippen molar-refractivity contribution in [1.29, 1.82) is 5.41 Å². The normalized spacial score (nSPS) is 15.9. The van der Waals surface area contributed by atoms with Crippen LogP contribution in [0.15, 0.2) is 36.0 Å². The molecule has 0 spiro atoms. The first kappa shape index (κ1) is 21.5. The third kappa shape index (κ3) is 3.61. The fourth-order valence-electron chi connectivity index (χ4n) is 3.93. The highest BCUT2D eigenvalue weighted by Crippen LogP contribution is 2.27. The van der Waals surface area contributed by atoms with Crippen LogP contribution in [0.3, 0.4) is 0 Å². The van der Waals surface area contributed by atoms with E-state index in [1.54, 1.807) is 6.92 Å². The molecule has 0 radical (unpaired) electrons. The van der Waals surface area contributed by atoms with Gasteiger partial charge >= 0.3 is 0 Å². The molecule has 0 aliphatic carbocycles. The van der Waals surface area contributed by atoms with Crippen molar-refractivity contribution in [3.8, 4) is 0 Å². The van der Waals surface area contributed by atoms with E-state index < -0.39 is 23.3 Å². The average Bonchev–Trinajstić information content (AvgIpc) is 3.07. The summed E-state index contributed by atoms with van der Waals surface area (Å²) in [6, 6.07) is 4.18. The van der Waals surface area contributed by atoms with Crippen molar-refractivity contribution in [2.45, 2.75) is 13.3 Å². The molecule has 0 unspecified atom stereocenters. The third-order valence-electron chi connectivity index (χ3n) is 5.42. The van der Waals surface area contributed by atoms with Gasteiger partial charge in [0.1, 0.15) is 17.2 Å². The molecule has 2 aromatic heterocycles. The van der Waals surface area contributed by atoms with E-state index in [-0.39, 0.29) is 42.4 Å². The molecule has 1 aliphatic rings. The molecule has 1 saturated heterocycles. The van der Waals surface area contributed by atoms with Crippen molar-refractivity contribution in [3.63, 3.8) is 0 Å². The topological polar surface area (TPSA) is 73.5 Å². The van der Waals surface area contributed by atoms with Crippen LogP contribution in [0.25, 0.3) is 11.3 Å². The Hall–Kier alpha value is -3.69. The molecule has 2 N–H and O–H groups in total. The largest absolute Gasteiger partial charge is 0.387 e. The molecule has 1 fully saturated rings. The Morgan fingerprint density at radius 2 is 1.84 bits per heavy atom. The second kappa shape index (κ2) is 8.10. The first-order chi connectivity index (χ1) is 15.2. The van der Waals surface area contributed by atoms with Gasteiger partial charge in [-0.3, -0.25) is 9.20 Å². The molecular formula is C22H19F4N5O. The minimum absolute atomic E-state index is 0.0423. The molecule has 4 rings (SSSR count). The number of hydrogen-bond donors (Lipinski definition) is 2. The van der Waals surface area contributed by atoms with Crippen LogP contribution in [0.5, 0.6) is 0 Å². The van der Waals surface area contributed by atoms with E-state index in [0.717, 1.165) is 12.1 Å².